The molecule has 2 aliphatic heterocycles. The molecule has 134 valence electrons. The van der Waals surface area contributed by atoms with Gasteiger partial charge in [0.2, 0.25) is 0 Å². The first kappa shape index (κ1) is 17.9. The van der Waals surface area contributed by atoms with Crippen molar-refractivity contribution in [3.63, 3.8) is 0 Å². The van der Waals surface area contributed by atoms with Gasteiger partial charge >= 0.3 is 0 Å². The monoisotopic (exact) mass is 363 g/mol. The summed E-state index contributed by atoms with van der Waals surface area (Å²) < 4.78 is 0. The molecule has 3 rings (SSSR count). The Labute approximate surface area is 152 Å². The molecule has 1 aromatic carbocycles. The summed E-state index contributed by atoms with van der Waals surface area (Å²) in [7, 11) is 0. The van der Waals surface area contributed by atoms with E-state index in [1.807, 2.05) is 6.07 Å². The molecule has 1 atom stereocenters. The minimum Gasteiger partial charge on any atom is -0.503 e. The summed E-state index contributed by atoms with van der Waals surface area (Å²) in [5.41, 5.74) is 0.783. The van der Waals surface area contributed by atoms with Crippen LogP contribution in [-0.2, 0) is 9.59 Å². The Hall–Kier alpha value is -1.89. The van der Waals surface area contributed by atoms with Crippen LogP contribution in [0.2, 0.25) is 5.02 Å². The fraction of sp³-hybridized carbons (Fsp3) is 0.444. The van der Waals surface area contributed by atoms with Gasteiger partial charge < -0.3 is 15.3 Å². The van der Waals surface area contributed by atoms with E-state index < -0.39 is 17.7 Å². The maximum Gasteiger partial charge on any atom is 0.290 e. The van der Waals surface area contributed by atoms with Gasteiger partial charge in [-0.25, -0.2) is 0 Å². The van der Waals surface area contributed by atoms with Crippen molar-refractivity contribution < 1.29 is 14.7 Å². The van der Waals surface area contributed by atoms with E-state index in [0.717, 1.165) is 26.2 Å². The van der Waals surface area contributed by atoms with Crippen molar-refractivity contribution in [2.24, 2.45) is 0 Å². The molecule has 1 amide bonds. The Morgan fingerprint density at radius 3 is 2.60 bits per heavy atom. The molecule has 6 nitrogen and oxygen atoms in total. The van der Waals surface area contributed by atoms with Gasteiger partial charge in [-0.3, -0.25) is 14.5 Å². The number of carbonyl (C=O) groups is 2. The van der Waals surface area contributed by atoms with Crippen LogP contribution in [-0.4, -0.2) is 65.9 Å². The molecule has 1 saturated heterocycles. The van der Waals surface area contributed by atoms with Crippen LogP contribution in [0.4, 0.5) is 0 Å². The molecule has 0 spiro atoms. The Kier molecular flexibility index (Phi) is 5.42. The molecular weight excluding hydrogens is 342 g/mol. The van der Waals surface area contributed by atoms with E-state index in [-0.39, 0.29) is 11.4 Å². The zero-order chi connectivity index (χ0) is 18.0. The fourth-order valence-corrected chi connectivity index (χ4v) is 3.69. The van der Waals surface area contributed by atoms with Crippen LogP contribution in [0.5, 0.6) is 0 Å². The topological polar surface area (TPSA) is 72.9 Å². The molecule has 1 unspecified atom stereocenters. The number of rotatable bonds is 5. The molecule has 2 aliphatic rings. The lowest BCUT2D eigenvalue weighted by Crippen LogP contribution is -2.47. The molecule has 25 heavy (non-hydrogen) atoms. The number of ketones is 1. The molecule has 0 radical (unpaired) electrons. The van der Waals surface area contributed by atoms with E-state index >= 15 is 0 Å². The zero-order valence-corrected chi connectivity index (χ0v) is 14.9. The van der Waals surface area contributed by atoms with Gasteiger partial charge in [0.15, 0.2) is 11.5 Å². The predicted molar refractivity (Wildman–Crippen MR) is 95.6 cm³/mol. The van der Waals surface area contributed by atoms with Crippen LogP contribution in [0.3, 0.4) is 0 Å². The molecule has 2 N–H and O–H groups in total. The largest absolute Gasteiger partial charge is 0.503 e. The van der Waals surface area contributed by atoms with Crippen molar-refractivity contribution in [3.05, 3.63) is 46.2 Å². The number of amides is 1. The van der Waals surface area contributed by atoms with Crippen LogP contribution in [0, 0.1) is 0 Å². The summed E-state index contributed by atoms with van der Waals surface area (Å²) in [6, 6.07) is 6.49. The number of hydrogen-bond acceptors (Lipinski definition) is 5. The molecule has 2 heterocycles. The number of Topliss-reactive ketones (excluding diaryl/α,β-unsaturated/α-hetero) is 1. The highest BCUT2D eigenvalue weighted by atomic mass is 35.5. The van der Waals surface area contributed by atoms with E-state index in [9.17, 15) is 14.7 Å². The highest BCUT2D eigenvalue weighted by Gasteiger charge is 2.42. The number of nitrogens with one attached hydrogen (secondary N) is 1. The standard InChI is InChI=1S/C18H22ClN3O3/c1-12(23)15-16(13-4-2-3-5-14(13)19)22(18(25)17(15)24)11-10-21-8-6-20-7-9-21/h2-5,16,20,24H,6-11H2,1H3. The summed E-state index contributed by atoms with van der Waals surface area (Å²) in [6.45, 7) is 6.15. The van der Waals surface area contributed by atoms with Crippen molar-refractivity contribution in [2.75, 3.05) is 39.3 Å². The number of piperazine rings is 1. The van der Waals surface area contributed by atoms with E-state index in [0.29, 0.717) is 23.7 Å². The van der Waals surface area contributed by atoms with Crippen LogP contribution < -0.4 is 5.32 Å². The van der Waals surface area contributed by atoms with E-state index in [1.54, 1.807) is 23.1 Å². The average molecular weight is 364 g/mol. The first-order chi connectivity index (χ1) is 12.0. The smallest absolute Gasteiger partial charge is 0.290 e. The molecule has 1 aromatic rings. The number of benzene rings is 1. The van der Waals surface area contributed by atoms with Gasteiger partial charge in [0, 0.05) is 44.3 Å². The van der Waals surface area contributed by atoms with Crippen molar-refractivity contribution in [1.82, 2.24) is 15.1 Å². The number of nitrogens with zero attached hydrogens (tertiary/aromatic N) is 2. The quantitative estimate of drug-likeness (QED) is 0.830. The molecule has 0 saturated carbocycles. The third-order valence-electron chi connectivity index (χ3n) is 4.75. The second-order valence-corrected chi connectivity index (χ2v) is 6.74. The normalized spacial score (nSPS) is 21.9. The first-order valence-corrected chi connectivity index (χ1v) is 8.81. The first-order valence-electron chi connectivity index (χ1n) is 8.43. The van der Waals surface area contributed by atoms with Crippen molar-refractivity contribution in [3.8, 4) is 0 Å². The summed E-state index contributed by atoms with van der Waals surface area (Å²) in [4.78, 5) is 28.5. The summed E-state index contributed by atoms with van der Waals surface area (Å²) >= 11 is 6.31. The molecule has 0 aliphatic carbocycles. The molecule has 0 aromatic heterocycles. The Morgan fingerprint density at radius 1 is 1.28 bits per heavy atom. The summed E-state index contributed by atoms with van der Waals surface area (Å²) in [5, 5.41) is 14.0. The average Bonchev–Trinajstić information content (AvgIpc) is 2.85. The van der Waals surface area contributed by atoms with Crippen LogP contribution in [0.25, 0.3) is 0 Å². The number of aliphatic hydroxyl groups is 1. The van der Waals surface area contributed by atoms with E-state index in [4.69, 9.17) is 11.6 Å². The van der Waals surface area contributed by atoms with Gasteiger partial charge in [0.05, 0.1) is 11.6 Å². The molecular formula is C18H22ClN3O3. The van der Waals surface area contributed by atoms with Gasteiger partial charge in [0.25, 0.3) is 5.91 Å². The Morgan fingerprint density at radius 2 is 1.96 bits per heavy atom. The molecule has 7 heteroatoms. The van der Waals surface area contributed by atoms with E-state index in [2.05, 4.69) is 10.2 Å². The predicted octanol–water partition coefficient (Wildman–Crippen LogP) is 1.53. The van der Waals surface area contributed by atoms with Gasteiger partial charge in [0.1, 0.15) is 0 Å². The van der Waals surface area contributed by atoms with Gasteiger partial charge in [-0.2, -0.15) is 0 Å². The van der Waals surface area contributed by atoms with Gasteiger partial charge in [-0.05, 0) is 18.6 Å². The summed E-state index contributed by atoms with van der Waals surface area (Å²) in [5.74, 6) is -1.29. The SMILES string of the molecule is CC(=O)C1=C(O)C(=O)N(CCN2CCNCC2)C1c1ccccc1Cl. The van der Waals surface area contributed by atoms with Crippen LogP contribution >= 0.6 is 11.6 Å². The van der Waals surface area contributed by atoms with Crippen molar-refractivity contribution >= 4 is 23.3 Å². The van der Waals surface area contributed by atoms with Crippen LogP contribution in [0.15, 0.2) is 35.6 Å². The fourth-order valence-electron chi connectivity index (χ4n) is 3.45. The highest BCUT2D eigenvalue weighted by Crippen LogP contribution is 2.40. The Bertz CT molecular complexity index is 713. The second kappa shape index (κ2) is 7.56. The number of aliphatic hydroxyl groups excluding tert-OH is 1. The minimum atomic E-state index is -0.637. The van der Waals surface area contributed by atoms with Crippen LogP contribution in [0.1, 0.15) is 18.5 Å². The lowest BCUT2D eigenvalue weighted by Gasteiger charge is -2.32. The lowest BCUT2D eigenvalue weighted by atomic mass is 9.96. The van der Waals surface area contributed by atoms with Crippen molar-refractivity contribution in [1.29, 1.82) is 0 Å². The highest BCUT2D eigenvalue weighted by molar-refractivity contribution is 6.31. The number of carbonyl (C=O) groups excluding carboxylic acids is 2. The number of hydrogen-bond donors (Lipinski definition) is 2. The van der Waals surface area contributed by atoms with Gasteiger partial charge in [-0.15, -0.1) is 0 Å². The maximum atomic E-state index is 12.6. The van der Waals surface area contributed by atoms with Crippen molar-refractivity contribution in [2.45, 2.75) is 13.0 Å². The number of halogens is 1. The second-order valence-electron chi connectivity index (χ2n) is 6.33. The lowest BCUT2D eigenvalue weighted by molar-refractivity contribution is -0.129. The summed E-state index contributed by atoms with van der Waals surface area (Å²) in [6.07, 6.45) is 0. The third-order valence-corrected chi connectivity index (χ3v) is 5.09. The maximum absolute atomic E-state index is 12.6. The Balaban J connectivity index is 1.88. The third kappa shape index (κ3) is 3.56. The van der Waals surface area contributed by atoms with Gasteiger partial charge in [-0.1, -0.05) is 29.8 Å². The molecule has 0 bridgehead atoms. The zero-order valence-electron chi connectivity index (χ0n) is 14.2. The van der Waals surface area contributed by atoms with E-state index in [1.165, 1.54) is 6.92 Å². The minimum absolute atomic E-state index is 0.124. The molecule has 1 fully saturated rings.